The predicted molar refractivity (Wildman–Crippen MR) is 132 cm³/mol. The molecular weight excluding hydrogens is 442 g/mol. The highest BCUT2D eigenvalue weighted by atomic mass is 16.2. The first-order valence-corrected chi connectivity index (χ1v) is 11.3. The summed E-state index contributed by atoms with van der Waals surface area (Å²) >= 11 is 0. The Morgan fingerprint density at radius 2 is 1.86 bits per heavy atom. The summed E-state index contributed by atoms with van der Waals surface area (Å²) in [7, 11) is 1.82. The van der Waals surface area contributed by atoms with Gasteiger partial charge in [0.05, 0.1) is 11.8 Å². The Bertz CT molecular complexity index is 1370. The molecule has 176 valence electrons. The minimum absolute atomic E-state index is 0.0563. The minimum atomic E-state index is -0.305. The summed E-state index contributed by atoms with van der Waals surface area (Å²) < 4.78 is 1.68. The highest BCUT2D eigenvalue weighted by Crippen LogP contribution is 2.23. The molecule has 4 aromatic rings. The lowest BCUT2D eigenvalue weighted by atomic mass is 10.1. The summed E-state index contributed by atoms with van der Waals surface area (Å²) in [6.07, 6.45) is 9.36. The molecule has 3 aromatic heterocycles. The second-order valence-electron chi connectivity index (χ2n) is 8.59. The summed E-state index contributed by atoms with van der Waals surface area (Å²) in [5.74, 6) is -0.199. The van der Waals surface area contributed by atoms with Gasteiger partial charge in [0.1, 0.15) is 5.82 Å². The number of nitrogens with one attached hydrogen (secondary N) is 1. The van der Waals surface area contributed by atoms with E-state index < -0.39 is 0 Å². The third kappa shape index (κ3) is 4.74. The first-order valence-electron chi connectivity index (χ1n) is 11.3. The molecule has 3 N–H and O–H groups in total. The fourth-order valence-corrected chi connectivity index (χ4v) is 4.23. The van der Waals surface area contributed by atoms with Gasteiger partial charge in [0.15, 0.2) is 0 Å². The van der Waals surface area contributed by atoms with Gasteiger partial charge < -0.3 is 16.0 Å². The van der Waals surface area contributed by atoms with Crippen molar-refractivity contribution in [3.63, 3.8) is 0 Å². The van der Waals surface area contributed by atoms with Gasteiger partial charge in [-0.1, -0.05) is 18.2 Å². The normalized spacial score (nSPS) is 15.2. The van der Waals surface area contributed by atoms with Gasteiger partial charge in [-0.2, -0.15) is 5.10 Å². The van der Waals surface area contributed by atoms with Crippen LogP contribution in [0.2, 0.25) is 0 Å². The van der Waals surface area contributed by atoms with E-state index in [-0.39, 0.29) is 23.7 Å². The Morgan fingerprint density at radius 1 is 1.03 bits per heavy atom. The number of likely N-dealkylation sites (tertiary alicyclic amines) is 1. The average molecular weight is 468 g/mol. The van der Waals surface area contributed by atoms with Gasteiger partial charge in [-0.05, 0) is 41.8 Å². The fraction of sp³-hybridized carbons (Fsp3) is 0.192. The van der Waals surface area contributed by atoms with Crippen molar-refractivity contribution < 1.29 is 9.59 Å². The second kappa shape index (κ2) is 9.38. The molecule has 0 bridgehead atoms. The van der Waals surface area contributed by atoms with E-state index in [1.54, 1.807) is 40.4 Å². The van der Waals surface area contributed by atoms with E-state index in [1.807, 2.05) is 49.6 Å². The van der Waals surface area contributed by atoms with Crippen molar-refractivity contribution in [2.75, 3.05) is 18.8 Å². The number of amides is 2. The molecule has 9 nitrogen and oxygen atoms in total. The standard InChI is InChI=1S/C26H25N7O2/c1-32-15-21(14-30-32)20-11-23(24(27)29-13-20)25(34)31-22-8-10-33(16-22)26(35)18-6-4-17(5-7-18)19-3-2-9-28-12-19/h2-7,9,11-15,22H,8,10,16H2,1H3,(H2,27,29)(H,31,34)/t22-/m1/s1. The zero-order valence-electron chi connectivity index (χ0n) is 19.3. The van der Waals surface area contributed by atoms with Crippen LogP contribution in [0.3, 0.4) is 0 Å². The van der Waals surface area contributed by atoms with E-state index in [2.05, 4.69) is 20.4 Å². The van der Waals surface area contributed by atoms with Gasteiger partial charge in [0.25, 0.3) is 11.8 Å². The van der Waals surface area contributed by atoms with E-state index in [4.69, 9.17) is 5.73 Å². The number of nitrogens with zero attached hydrogens (tertiary/aromatic N) is 5. The van der Waals surface area contributed by atoms with Crippen molar-refractivity contribution in [1.29, 1.82) is 0 Å². The van der Waals surface area contributed by atoms with E-state index >= 15 is 0 Å². The quantitative estimate of drug-likeness (QED) is 0.466. The van der Waals surface area contributed by atoms with Gasteiger partial charge in [0.2, 0.25) is 0 Å². The summed E-state index contributed by atoms with van der Waals surface area (Å²) in [5.41, 5.74) is 10.5. The number of carbonyl (C=O) groups is 2. The molecule has 0 aliphatic carbocycles. The number of anilines is 1. The maximum absolute atomic E-state index is 13.0. The fourth-order valence-electron chi connectivity index (χ4n) is 4.23. The van der Waals surface area contributed by atoms with Crippen LogP contribution in [0.5, 0.6) is 0 Å². The molecule has 0 saturated carbocycles. The zero-order valence-corrected chi connectivity index (χ0v) is 19.3. The molecule has 2 amide bonds. The van der Waals surface area contributed by atoms with Crippen LogP contribution in [0.4, 0.5) is 5.82 Å². The Labute approximate surface area is 202 Å². The summed E-state index contributed by atoms with van der Waals surface area (Å²) in [4.78, 5) is 36.1. The Morgan fingerprint density at radius 3 is 2.57 bits per heavy atom. The van der Waals surface area contributed by atoms with Crippen molar-refractivity contribution in [3.05, 3.63) is 84.6 Å². The molecule has 0 unspecified atom stereocenters. The van der Waals surface area contributed by atoms with Gasteiger partial charge in [-0.15, -0.1) is 0 Å². The maximum Gasteiger partial charge on any atom is 0.255 e. The summed E-state index contributed by atoms with van der Waals surface area (Å²) in [6.45, 7) is 1.00. The third-order valence-electron chi connectivity index (χ3n) is 6.14. The molecule has 0 spiro atoms. The molecule has 1 aromatic carbocycles. The molecule has 5 rings (SSSR count). The van der Waals surface area contributed by atoms with Crippen LogP contribution >= 0.6 is 0 Å². The topological polar surface area (TPSA) is 119 Å². The lowest BCUT2D eigenvalue weighted by Crippen LogP contribution is -2.38. The molecule has 1 aliphatic heterocycles. The molecular formula is C26H25N7O2. The van der Waals surface area contributed by atoms with Crippen molar-refractivity contribution in [1.82, 2.24) is 30.0 Å². The predicted octanol–water partition coefficient (Wildman–Crippen LogP) is 2.77. The molecule has 4 heterocycles. The number of rotatable bonds is 5. The molecule has 1 saturated heterocycles. The molecule has 9 heteroatoms. The first kappa shape index (κ1) is 22.3. The smallest absolute Gasteiger partial charge is 0.255 e. The van der Waals surface area contributed by atoms with Crippen LogP contribution in [0.1, 0.15) is 27.1 Å². The summed E-state index contributed by atoms with van der Waals surface area (Å²) in [6, 6.07) is 12.9. The van der Waals surface area contributed by atoms with E-state index in [0.29, 0.717) is 30.6 Å². The SMILES string of the molecule is Cn1cc(-c2cnc(N)c(C(=O)N[C@@H]3CCN(C(=O)c4ccc(-c5cccnc5)cc4)C3)c2)cn1. The van der Waals surface area contributed by atoms with Crippen LogP contribution in [0.15, 0.2) is 73.4 Å². The highest BCUT2D eigenvalue weighted by Gasteiger charge is 2.29. The molecule has 1 atom stereocenters. The number of nitrogen functional groups attached to an aromatic ring is 1. The van der Waals surface area contributed by atoms with E-state index in [0.717, 1.165) is 22.3 Å². The largest absolute Gasteiger partial charge is 0.383 e. The molecule has 0 radical (unpaired) electrons. The zero-order chi connectivity index (χ0) is 24.4. The molecule has 35 heavy (non-hydrogen) atoms. The van der Waals surface area contributed by atoms with Gasteiger partial charge in [0, 0.05) is 67.7 Å². The van der Waals surface area contributed by atoms with Crippen molar-refractivity contribution in [2.24, 2.45) is 7.05 Å². The summed E-state index contributed by atoms with van der Waals surface area (Å²) in [5, 5.41) is 7.17. The van der Waals surface area contributed by atoms with Crippen LogP contribution in [0.25, 0.3) is 22.3 Å². The lowest BCUT2D eigenvalue weighted by Gasteiger charge is -2.18. The first-order chi connectivity index (χ1) is 17.0. The number of nitrogens with two attached hydrogens (primary N) is 1. The van der Waals surface area contributed by atoms with Gasteiger partial charge in [-0.25, -0.2) is 4.98 Å². The maximum atomic E-state index is 13.0. The second-order valence-corrected chi connectivity index (χ2v) is 8.59. The number of hydrogen-bond acceptors (Lipinski definition) is 6. The minimum Gasteiger partial charge on any atom is -0.383 e. The number of carbonyl (C=O) groups excluding carboxylic acids is 2. The van der Waals surface area contributed by atoms with Gasteiger partial charge >= 0.3 is 0 Å². The lowest BCUT2D eigenvalue weighted by molar-refractivity contribution is 0.0783. The number of aromatic nitrogens is 4. The Balaban J connectivity index is 1.23. The van der Waals surface area contributed by atoms with Crippen LogP contribution in [0, 0.1) is 0 Å². The average Bonchev–Trinajstić information content (AvgIpc) is 3.53. The number of pyridine rings is 2. The number of aryl methyl sites for hydroxylation is 1. The molecule has 1 fully saturated rings. The monoisotopic (exact) mass is 467 g/mol. The van der Waals surface area contributed by atoms with Gasteiger partial charge in [-0.3, -0.25) is 19.3 Å². The van der Waals surface area contributed by atoms with Crippen LogP contribution < -0.4 is 11.1 Å². The molecule has 1 aliphatic rings. The highest BCUT2D eigenvalue weighted by molar-refractivity contribution is 6.00. The Hall–Kier alpha value is -4.53. The van der Waals surface area contributed by atoms with Crippen molar-refractivity contribution in [2.45, 2.75) is 12.5 Å². The number of benzene rings is 1. The van der Waals surface area contributed by atoms with E-state index in [1.165, 1.54) is 0 Å². The third-order valence-corrected chi connectivity index (χ3v) is 6.14. The van der Waals surface area contributed by atoms with Crippen molar-refractivity contribution >= 4 is 17.6 Å². The number of hydrogen-bond donors (Lipinski definition) is 2. The van der Waals surface area contributed by atoms with Crippen LogP contribution in [-0.4, -0.2) is 55.6 Å². The van der Waals surface area contributed by atoms with Crippen LogP contribution in [-0.2, 0) is 7.05 Å². The Kier molecular flexibility index (Phi) is 5.97. The van der Waals surface area contributed by atoms with E-state index in [9.17, 15) is 9.59 Å². The van der Waals surface area contributed by atoms with Crippen molar-refractivity contribution in [3.8, 4) is 22.3 Å².